The van der Waals surface area contributed by atoms with Crippen LogP contribution in [0.4, 0.5) is 0 Å². The van der Waals surface area contributed by atoms with Gasteiger partial charge in [-0.25, -0.2) is 0 Å². The van der Waals surface area contributed by atoms with Gasteiger partial charge in [0.25, 0.3) is 0 Å². The summed E-state index contributed by atoms with van der Waals surface area (Å²) in [6.45, 7) is 9.68. The van der Waals surface area contributed by atoms with Crippen molar-refractivity contribution in [2.24, 2.45) is 0 Å². The fourth-order valence-corrected chi connectivity index (χ4v) is 2.20. The SMILES string of the molecule is CCC(C)NCCNCc1ccc(C)s1. The van der Waals surface area contributed by atoms with Gasteiger partial charge in [-0.2, -0.15) is 0 Å². The molecule has 0 saturated heterocycles. The fourth-order valence-electron chi connectivity index (χ4n) is 1.34. The molecule has 0 radical (unpaired) electrons. The standard InChI is InChI=1S/C12H22N2S/c1-4-10(2)14-8-7-13-9-12-6-5-11(3)15-12/h5-6,10,13-14H,4,7-9H2,1-3H3. The summed E-state index contributed by atoms with van der Waals surface area (Å²) in [5.41, 5.74) is 0. The highest BCUT2D eigenvalue weighted by atomic mass is 32.1. The van der Waals surface area contributed by atoms with E-state index in [2.05, 4.69) is 43.5 Å². The van der Waals surface area contributed by atoms with Crippen LogP contribution in [-0.2, 0) is 6.54 Å². The molecule has 0 aliphatic rings. The van der Waals surface area contributed by atoms with E-state index >= 15 is 0 Å². The first-order chi connectivity index (χ1) is 7.22. The summed E-state index contributed by atoms with van der Waals surface area (Å²) in [6.07, 6.45) is 1.20. The van der Waals surface area contributed by atoms with E-state index in [0.717, 1.165) is 19.6 Å². The number of rotatable bonds is 7. The molecule has 0 aromatic carbocycles. The zero-order valence-corrected chi connectivity index (χ0v) is 10.8. The molecule has 1 aromatic heterocycles. The predicted octanol–water partition coefficient (Wildman–Crippen LogP) is 2.53. The normalized spacial score (nSPS) is 13.0. The van der Waals surface area contributed by atoms with Crippen LogP contribution in [0.1, 0.15) is 30.0 Å². The molecule has 0 saturated carbocycles. The fraction of sp³-hybridized carbons (Fsp3) is 0.667. The average molecular weight is 226 g/mol. The van der Waals surface area contributed by atoms with Crippen molar-refractivity contribution in [2.75, 3.05) is 13.1 Å². The number of nitrogens with one attached hydrogen (secondary N) is 2. The van der Waals surface area contributed by atoms with E-state index in [1.807, 2.05) is 11.3 Å². The Morgan fingerprint density at radius 2 is 2.13 bits per heavy atom. The van der Waals surface area contributed by atoms with Crippen molar-refractivity contribution in [2.45, 2.75) is 39.8 Å². The molecule has 0 aliphatic heterocycles. The lowest BCUT2D eigenvalue weighted by molar-refractivity contribution is 0.518. The summed E-state index contributed by atoms with van der Waals surface area (Å²) in [7, 11) is 0. The molecule has 0 aliphatic carbocycles. The van der Waals surface area contributed by atoms with Crippen LogP contribution in [0.2, 0.25) is 0 Å². The molecule has 1 rings (SSSR count). The van der Waals surface area contributed by atoms with Crippen LogP contribution in [0.5, 0.6) is 0 Å². The second-order valence-electron chi connectivity index (χ2n) is 3.95. The molecule has 0 fully saturated rings. The van der Waals surface area contributed by atoms with Gasteiger partial charge in [-0.3, -0.25) is 0 Å². The lowest BCUT2D eigenvalue weighted by atomic mass is 10.2. The topological polar surface area (TPSA) is 24.1 Å². The van der Waals surface area contributed by atoms with Crippen LogP contribution in [-0.4, -0.2) is 19.1 Å². The third kappa shape index (κ3) is 5.30. The van der Waals surface area contributed by atoms with Crippen molar-refractivity contribution < 1.29 is 0 Å². The molecule has 1 atom stereocenters. The van der Waals surface area contributed by atoms with E-state index in [1.54, 1.807) is 0 Å². The lowest BCUT2D eigenvalue weighted by Gasteiger charge is -2.11. The van der Waals surface area contributed by atoms with E-state index in [-0.39, 0.29) is 0 Å². The van der Waals surface area contributed by atoms with Gasteiger partial charge in [0.05, 0.1) is 0 Å². The van der Waals surface area contributed by atoms with Gasteiger partial charge in [0.15, 0.2) is 0 Å². The third-order valence-corrected chi connectivity index (χ3v) is 3.50. The quantitative estimate of drug-likeness (QED) is 0.698. The molecule has 86 valence electrons. The Bertz CT molecular complexity index is 270. The minimum atomic E-state index is 0.635. The molecule has 15 heavy (non-hydrogen) atoms. The first kappa shape index (κ1) is 12.7. The van der Waals surface area contributed by atoms with E-state index in [0.29, 0.717) is 6.04 Å². The molecule has 2 N–H and O–H groups in total. The smallest absolute Gasteiger partial charge is 0.0300 e. The summed E-state index contributed by atoms with van der Waals surface area (Å²) in [4.78, 5) is 2.82. The van der Waals surface area contributed by atoms with Gasteiger partial charge in [-0.05, 0) is 32.4 Å². The average Bonchev–Trinajstić information content (AvgIpc) is 2.63. The van der Waals surface area contributed by atoms with Crippen molar-refractivity contribution in [3.8, 4) is 0 Å². The number of hydrogen-bond donors (Lipinski definition) is 2. The Balaban J connectivity index is 2.02. The van der Waals surface area contributed by atoms with Gasteiger partial charge in [0.1, 0.15) is 0 Å². The molecule has 1 heterocycles. The minimum absolute atomic E-state index is 0.635. The number of hydrogen-bond acceptors (Lipinski definition) is 3. The van der Waals surface area contributed by atoms with Crippen molar-refractivity contribution in [3.63, 3.8) is 0 Å². The molecule has 0 spiro atoms. The second-order valence-corrected chi connectivity index (χ2v) is 5.33. The molecule has 3 heteroatoms. The molecular weight excluding hydrogens is 204 g/mol. The Labute approximate surface area is 97.1 Å². The van der Waals surface area contributed by atoms with E-state index < -0.39 is 0 Å². The van der Waals surface area contributed by atoms with E-state index in [1.165, 1.54) is 16.2 Å². The maximum absolute atomic E-state index is 3.46. The Morgan fingerprint density at radius 1 is 1.33 bits per heavy atom. The van der Waals surface area contributed by atoms with Crippen LogP contribution in [0.3, 0.4) is 0 Å². The maximum Gasteiger partial charge on any atom is 0.0300 e. The van der Waals surface area contributed by atoms with Crippen molar-refractivity contribution >= 4 is 11.3 Å². The number of thiophene rings is 1. The van der Waals surface area contributed by atoms with Crippen molar-refractivity contribution in [1.82, 2.24) is 10.6 Å². The van der Waals surface area contributed by atoms with Gasteiger partial charge in [0.2, 0.25) is 0 Å². The van der Waals surface area contributed by atoms with Gasteiger partial charge in [0, 0.05) is 35.4 Å². The predicted molar refractivity (Wildman–Crippen MR) is 68.5 cm³/mol. The maximum atomic E-state index is 3.46. The second kappa shape index (κ2) is 6.99. The highest BCUT2D eigenvalue weighted by Crippen LogP contribution is 2.14. The van der Waals surface area contributed by atoms with Crippen molar-refractivity contribution in [3.05, 3.63) is 21.9 Å². The zero-order valence-electron chi connectivity index (χ0n) is 9.97. The lowest BCUT2D eigenvalue weighted by Crippen LogP contribution is -2.32. The Hall–Kier alpha value is -0.380. The Morgan fingerprint density at radius 3 is 2.73 bits per heavy atom. The summed E-state index contributed by atoms with van der Waals surface area (Å²) in [6, 6.07) is 5.02. The highest BCUT2D eigenvalue weighted by Gasteiger charge is 1.97. The largest absolute Gasteiger partial charge is 0.313 e. The molecule has 2 nitrogen and oxygen atoms in total. The first-order valence-electron chi connectivity index (χ1n) is 5.71. The minimum Gasteiger partial charge on any atom is -0.313 e. The summed E-state index contributed by atoms with van der Waals surface area (Å²) < 4.78 is 0. The van der Waals surface area contributed by atoms with Crippen LogP contribution in [0, 0.1) is 6.92 Å². The molecule has 1 aromatic rings. The van der Waals surface area contributed by atoms with Crippen LogP contribution in [0.15, 0.2) is 12.1 Å². The molecule has 0 amide bonds. The van der Waals surface area contributed by atoms with E-state index in [4.69, 9.17) is 0 Å². The van der Waals surface area contributed by atoms with Crippen LogP contribution in [0.25, 0.3) is 0 Å². The van der Waals surface area contributed by atoms with Gasteiger partial charge in [-0.15, -0.1) is 11.3 Å². The first-order valence-corrected chi connectivity index (χ1v) is 6.53. The van der Waals surface area contributed by atoms with Gasteiger partial charge in [-0.1, -0.05) is 6.92 Å². The third-order valence-electron chi connectivity index (χ3n) is 2.50. The summed E-state index contributed by atoms with van der Waals surface area (Å²) >= 11 is 1.87. The van der Waals surface area contributed by atoms with Gasteiger partial charge < -0.3 is 10.6 Å². The number of aryl methyl sites for hydroxylation is 1. The molecular formula is C12H22N2S. The van der Waals surface area contributed by atoms with Gasteiger partial charge >= 0.3 is 0 Å². The zero-order chi connectivity index (χ0) is 11.1. The highest BCUT2D eigenvalue weighted by molar-refractivity contribution is 7.11. The molecule has 1 unspecified atom stereocenters. The van der Waals surface area contributed by atoms with Crippen LogP contribution >= 0.6 is 11.3 Å². The van der Waals surface area contributed by atoms with Crippen LogP contribution < -0.4 is 10.6 Å². The van der Waals surface area contributed by atoms with E-state index in [9.17, 15) is 0 Å². The Kier molecular flexibility index (Phi) is 5.91. The summed E-state index contributed by atoms with van der Waals surface area (Å²) in [5.74, 6) is 0. The summed E-state index contributed by atoms with van der Waals surface area (Å²) in [5, 5.41) is 6.91. The van der Waals surface area contributed by atoms with Crippen molar-refractivity contribution in [1.29, 1.82) is 0 Å². The monoisotopic (exact) mass is 226 g/mol. The molecule has 0 bridgehead atoms.